The van der Waals surface area contributed by atoms with Crippen LogP contribution in [0, 0.1) is 22.6 Å². The Labute approximate surface area is 212 Å². The fourth-order valence-electron chi connectivity index (χ4n) is 5.05. The second-order valence-corrected chi connectivity index (χ2v) is 10.5. The second-order valence-electron chi connectivity index (χ2n) is 10.1. The van der Waals surface area contributed by atoms with Gasteiger partial charge in [-0.2, -0.15) is 18.4 Å². The molecule has 1 amide bonds. The van der Waals surface area contributed by atoms with Crippen LogP contribution in [-0.2, 0) is 17.5 Å². The van der Waals surface area contributed by atoms with Crippen LogP contribution in [-0.4, -0.2) is 23.6 Å². The first-order valence-electron chi connectivity index (χ1n) is 11.6. The van der Waals surface area contributed by atoms with E-state index in [1.165, 1.54) is 12.1 Å². The first-order chi connectivity index (χ1) is 16.8. The van der Waals surface area contributed by atoms with Crippen molar-refractivity contribution in [3.05, 3.63) is 58.9 Å². The predicted octanol–water partition coefficient (Wildman–Crippen LogP) is 5.91. The second kappa shape index (κ2) is 9.12. The van der Waals surface area contributed by atoms with E-state index in [-0.39, 0.29) is 16.2 Å². The van der Waals surface area contributed by atoms with Crippen LogP contribution in [0.15, 0.2) is 36.4 Å². The number of amides is 1. The zero-order valence-corrected chi connectivity index (χ0v) is 21.0. The lowest BCUT2D eigenvalue weighted by Crippen LogP contribution is -2.53. The predicted molar refractivity (Wildman–Crippen MR) is 133 cm³/mol. The van der Waals surface area contributed by atoms with E-state index in [9.17, 15) is 22.4 Å². The van der Waals surface area contributed by atoms with Crippen molar-refractivity contribution in [2.24, 2.45) is 5.41 Å². The van der Waals surface area contributed by atoms with Gasteiger partial charge in [-0.1, -0.05) is 19.9 Å². The van der Waals surface area contributed by atoms with Gasteiger partial charge in [0, 0.05) is 17.8 Å². The quantitative estimate of drug-likeness (QED) is 0.403. The minimum absolute atomic E-state index is 0.0155. The summed E-state index contributed by atoms with van der Waals surface area (Å²) >= 11 is 5.69. The Bertz CT molecular complexity index is 1260. The lowest BCUT2D eigenvalue weighted by molar-refractivity contribution is -0.137. The van der Waals surface area contributed by atoms with E-state index in [0.717, 1.165) is 17.0 Å². The monoisotopic (exact) mass is 518 g/mol. The molecule has 2 aliphatic rings. The normalized spacial score (nSPS) is 19.2. The Morgan fingerprint density at radius 1 is 1.08 bits per heavy atom. The third-order valence-electron chi connectivity index (χ3n) is 7.19. The standard InChI is InChI=1S/C26H26F4N4OS/c1-24(2)8-10-25(11-9-24)22(35)33(18-6-4-16(14-31)20(12-18)26(28,29)30)23(36)34(25)19-7-5-17(15-32-3)21(27)13-19/h4-7,12-13,32H,8-11,15H2,1-3H3. The highest BCUT2D eigenvalue weighted by molar-refractivity contribution is 7.81. The molecule has 4 rings (SSSR count). The minimum atomic E-state index is -4.79. The van der Waals surface area contributed by atoms with Crippen LogP contribution < -0.4 is 15.1 Å². The number of nitriles is 1. The zero-order valence-electron chi connectivity index (χ0n) is 20.2. The molecule has 0 atom stereocenters. The molecule has 1 N–H and O–H groups in total. The van der Waals surface area contributed by atoms with Crippen molar-refractivity contribution in [1.29, 1.82) is 5.26 Å². The number of benzene rings is 2. The van der Waals surface area contributed by atoms with E-state index in [2.05, 4.69) is 19.2 Å². The van der Waals surface area contributed by atoms with Gasteiger partial charge < -0.3 is 10.2 Å². The molecule has 2 aromatic rings. The molecule has 1 saturated heterocycles. The molecule has 0 bridgehead atoms. The van der Waals surface area contributed by atoms with Gasteiger partial charge in [0.05, 0.1) is 22.9 Å². The number of hydrogen-bond acceptors (Lipinski definition) is 4. The van der Waals surface area contributed by atoms with Crippen LogP contribution in [0.3, 0.4) is 0 Å². The zero-order chi connectivity index (χ0) is 26.5. The van der Waals surface area contributed by atoms with Gasteiger partial charge >= 0.3 is 6.18 Å². The van der Waals surface area contributed by atoms with Crippen molar-refractivity contribution in [3.63, 3.8) is 0 Å². The third kappa shape index (κ3) is 4.35. The molecule has 10 heteroatoms. The SMILES string of the molecule is CNCc1ccc(N2C(=S)N(c3ccc(C#N)c(C(F)(F)F)c3)C(=O)C23CCC(C)(C)CC3)cc1F. The lowest BCUT2D eigenvalue weighted by atomic mass is 9.68. The number of nitrogens with one attached hydrogen (secondary N) is 1. The highest BCUT2D eigenvalue weighted by Crippen LogP contribution is 2.50. The third-order valence-corrected chi connectivity index (χ3v) is 7.56. The molecule has 0 unspecified atom stereocenters. The summed E-state index contributed by atoms with van der Waals surface area (Å²) < 4.78 is 55.9. The van der Waals surface area contributed by atoms with Crippen LogP contribution in [0.5, 0.6) is 0 Å². The van der Waals surface area contributed by atoms with Crippen molar-refractivity contribution in [2.45, 2.75) is 57.8 Å². The molecule has 2 fully saturated rings. The summed E-state index contributed by atoms with van der Waals surface area (Å²) in [6, 6.07) is 9.27. The molecule has 0 radical (unpaired) electrons. The van der Waals surface area contributed by atoms with Gasteiger partial charge in [0.15, 0.2) is 5.11 Å². The lowest BCUT2D eigenvalue weighted by Gasteiger charge is -2.44. The van der Waals surface area contributed by atoms with Crippen molar-refractivity contribution in [3.8, 4) is 6.07 Å². The summed E-state index contributed by atoms with van der Waals surface area (Å²) in [5.41, 5.74) is -2.11. The number of alkyl halides is 3. The van der Waals surface area contributed by atoms with Crippen molar-refractivity contribution >= 4 is 34.6 Å². The van der Waals surface area contributed by atoms with Gasteiger partial charge in [0.1, 0.15) is 11.4 Å². The van der Waals surface area contributed by atoms with Crippen molar-refractivity contribution in [1.82, 2.24) is 5.32 Å². The molecule has 36 heavy (non-hydrogen) atoms. The van der Waals surface area contributed by atoms with E-state index in [1.807, 2.05) is 0 Å². The number of hydrogen-bond donors (Lipinski definition) is 1. The number of thiocarbonyl (C=S) groups is 1. The smallest absolute Gasteiger partial charge is 0.316 e. The number of anilines is 2. The molecule has 1 aliphatic carbocycles. The van der Waals surface area contributed by atoms with Crippen molar-refractivity contribution < 1.29 is 22.4 Å². The molecule has 1 saturated carbocycles. The number of halogens is 4. The Morgan fingerprint density at radius 3 is 2.28 bits per heavy atom. The molecule has 1 spiro atoms. The van der Waals surface area contributed by atoms with Gasteiger partial charge in [0.25, 0.3) is 5.91 Å². The van der Waals surface area contributed by atoms with Crippen LogP contribution >= 0.6 is 12.2 Å². The highest BCUT2D eigenvalue weighted by atomic mass is 32.1. The first kappa shape index (κ1) is 26.0. The first-order valence-corrected chi connectivity index (χ1v) is 12.0. The maximum Gasteiger partial charge on any atom is 0.417 e. The maximum absolute atomic E-state index is 14.9. The van der Waals surface area contributed by atoms with E-state index in [4.69, 9.17) is 17.5 Å². The van der Waals surface area contributed by atoms with Gasteiger partial charge in [-0.15, -0.1) is 0 Å². The van der Waals surface area contributed by atoms with Gasteiger partial charge in [-0.3, -0.25) is 9.69 Å². The molecule has 5 nitrogen and oxygen atoms in total. The fraction of sp³-hybridized carbons (Fsp3) is 0.423. The summed E-state index contributed by atoms with van der Waals surface area (Å²) in [6.07, 6.45) is -2.58. The van der Waals surface area contributed by atoms with Gasteiger partial charge in [-0.25, -0.2) is 4.39 Å². The van der Waals surface area contributed by atoms with Gasteiger partial charge in [-0.05, 0) is 80.7 Å². The summed E-state index contributed by atoms with van der Waals surface area (Å²) in [6.45, 7) is 4.51. The average Bonchev–Trinajstić information content (AvgIpc) is 3.02. The Balaban J connectivity index is 1.85. The van der Waals surface area contributed by atoms with Crippen LogP contribution in [0.4, 0.5) is 28.9 Å². The average molecular weight is 519 g/mol. The van der Waals surface area contributed by atoms with Gasteiger partial charge in [0.2, 0.25) is 0 Å². The summed E-state index contributed by atoms with van der Waals surface area (Å²) in [4.78, 5) is 16.7. The summed E-state index contributed by atoms with van der Waals surface area (Å²) in [5, 5.41) is 12.0. The number of rotatable bonds is 4. The van der Waals surface area contributed by atoms with E-state index >= 15 is 0 Å². The fourth-order valence-corrected chi connectivity index (χ4v) is 5.52. The van der Waals surface area contributed by atoms with E-state index < -0.39 is 34.6 Å². The summed E-state index contributed by atoms with van der Waals surface area (Å²) in [7, 11) is 1.70. The van der Waals surface area contributed by atoms with E-state index in [0.29, 0.717) is 43.5 Å². The number of carbonyl (C=O) groups excluding carboxylic acids is 1. The topological polar surface area (TPSA) is 59.4 Å². The molecule has 1 heterocycles. The molecular formula is C26H26F4N4OS. The molecule has 190 valence electrons. The largest absolute Gasteiger partial charge is 0.417 e. The van der Waals surface area contributed by atoms with Crippen LogP contribution in [0.1, 0.15) is 56.2 Å². The maximum atomic E-state index is 14.9. The Hall–Kier alpha value is -3.03. The molecule has 1 aliphatic heterocycles. The number of nitrogens with zero attached hydrogens (tertiary/aromatic N) is 3. The van der Waals surface area contributed by atoms with E-state index in [1.54, 1.807) is 30.1 Å². The minimum Gasteiger partial charge on any atom is -0.316 e. The molecular weight excluding hydrogens is 492 g/mol. The number of carbonyl (C=O) groups is 1. The van der Waals surface area contributed by atoms with Crippen LogP contribution in [0.2, 0.25) is 0 Å². The Kier molecular flexibility index (Phi) is 6.60. The van der Waals surface area contributed by atoms with Crippen molar-refractivity contribution in [2.75, 3.05) is 16.8 Å². The molecule has 2 aromatic carbocycles. The highest BCUT2D eigenvalue weighted by Gasteiger charge is 2.58. The van der Waals surface area contributed by atoms with Crippen LogP contribution in [0.25, 0.3) is 0 Å². The molecule has 0 aromatic heterocycles. The Morgan fingerprint density at radius 2 is 1.72 bits per heavy atom. The summed E-state index contributed by atoms with van der Waals surface area (Å²) in [5.74, 6) is -0.917.